The fraction of sp³-hybridized carbons (Fsp3) is 0.391. The van der Waals surface area contributed by atoms with Crippen LogP contribution in [0.15, 0.2) is 45.7 Å². The number of sulfonamides is 1. The number of nitrogens with one attached hydrogen (secondary N) is 1. The van der Waals surface area contributed by atoms with Crippen LogP contribution < -0.4 is 5.32 Å². The zero-order valence-corrected chi connectivity index (χ0v) is 19.8. The summed E-state index contributed by atoms with van der Waals surface area (Å²) in [5.74, 6) is -0.491. The third-order valence-electron chi connectivity index (χ3n) is 5.26. The number of carbonyl (C=O) groups is 2. The SMILES string of the molecule is CCOC(=O)c1ccc(C(=O)Nc2cccc(S(=O)(=O)/N=C3/CCCCCN3C)c2)nc1C. The fourth-order valence-corrected chi connectivity index (χ4v) is 4.62. The number of amides is 1. The van der Waals surface area contributed by atoms with Crippen molar-refractivity contribution >= 4 is 33.4 Å². The lowest BCUT2D eigenvalue weighted by Gasteiger charge is -2.17. The Morgan fingerprint density at radius 2 is 1.97 bits per heavy atom. The number of carbonyl (C=O) groups excluding carboxylic acids is 2. The molecule has 1 fully saturated rings. The van der Waals surface area contributed by atoms with E-state index in [1.165, 1.54) is 24.3 Å². The molecular weight excluding hydrogens is 444 g/mol. The van der Waals surface area contributed by atoms with Gasteiger partial charge in [0.05, 0.1) is 22.8 Å². The van der Waals surface area contributed by atoms with Crippen LogP contribution in [0, 0.1) is 6.92 Å². The van der Waals surface area contributed by atoms with Gasteiger partial charge in [-0.05, 0) is 57.0 Å². The Hall–Kier alpha value is -3.27. The van der Waals surface area contributed by atoms with Crippen LogP contribution in [0.5, 0.6) is 0 Å². The number of likely N-dealkylation sites (tertiary alicyclic amines) is 1. The molecule has 0 unspecified atom stereocenters. The zero-order valence-electron chi connectivity index (χ0n) is 19.0. The minimum atomic E-state index is -3.93. The molecule has 1 aliphatic heterocycles. The molecule has 33 heavy (non-hydrogen) atoms. The van der Waals surface area contributed by atoms with Gasteiger partial charge in [-0.3, -0.25) is 4.79 Å². The number of amidine groups is 1. The van der Waals surface area contributed by atoms with Crippen LogP contribution in [0.3, 0.4) is 0 Å². The number of aryl methyl sites for hydroxylation is 1. The van der Waals surface area contributed by atoms with Crippen LogP contribution >= 0.6 is 0 Å². The molecule has 9 nitrogen and oxygen atoms in total. The number of esters is 1. The first kappa shape index (κ1) is 24.4. The van der Waals surface area contributed by atoms with Crippen molar-refractivity contribution in [2.24, 2.45) is 4.40 Å². The number of anilines is 1. The van der Waals surface area contributed by atoms with Gasteiger partial charge in [-0.1, -0.05) is 12.5 Å². The summed E-state index contributed by atoms with van der Waals surface area (Å²) in [5, 5.41) is 2.65. The van der Waals surface area contributed by atoms with Crippen molar-refractivity contribution in [2.45, 2.75) is 44.4 Å². The Labute approximate surface area is 193 Å². The Balaban J connectivity index is 1.79. The molecule has 0 aliphatic carbocycles. The lowest BCUT2D eigenvalue weighted by atomic mass is 10.2. The smallest absolute Gasteiger partial charge is 0.339 e. The molecule has 0 radical (unpaired) electrons. The highest BCUT2D eigenvalue weighted by Gasteiger charge is 2.20. The number of aromatic nitrogens is 1. The fourth-order valence-electron chi connectivity index (χ4n) is 3.48. The summed E-state index contributed by atoms with van der Waals surface area (Å²) in [5.41, 5.74) is 1.03. The molecule has 1 aromatic carbocycles. The number of hydrogen-bond donors (Lipinski definition) is 1. The summed E-state index contributed by atoms with van der Waals surface area (Å²) in [4.78, 5) is 30.6. The highest BCUT2D eigenvalue weighted by atomic mass is 32.2. The monoisotopic (exact) mass is 472 g/mol. The molecule has 0 atom stereocenters. The molecule has 0 spiro atoms. The number of nitrogens with zero attached hydrogens (tertiary/aromatic N) is 3. The van der Waals surface area contributed by atoms with Gasteiger partial charge in [-0.2, -0.15) is 8.42 Å². The molecule has 0 saturated carbocycles. The molecule has 1 saturated heterocycles. The number of hydrogen-bond acceptors (Lipinski definition) is 6. The first-order chi connectivity index (χ1) is 15.7. The first-order valence-corrected chi connectivity index (χ1v) is 12.3. The molecule has 2 heterocycles. The van der Waals surface area contributed by atoms with Crippen molar-refractivity contribution in [3.8, 4) is 0 Å². The Bertz CT molecular complexity index is 1180. The third-order valence-corrected chi connectivity index (χ3v) is 6.56. The van der Waals surface area contributed by atoms with Crippen molar-refractivity contribution in [1.82, 2.24) is 9.88 Å². The van der Waals surface area contributed by atoms with Crippen molar-refractivity contribution in [2.75, 3.05) is 25.5 Å². The molecule has 3 rings (SSSR count). The van der Waals surface area contributed by atoms with Gasteiger partial charge in [0.1, 0.15) is 11.5 Å². The second-order valence-corrected chi connectivity index (χ2v) is 9.35. The lowest BCUT2D eigenvalue weighted by Crippen LogP contribution is -2.26. The Morgan fingerprint density at radius 3 is 2.70 bits per heavy atom. The summed E-state index contributed by atoms with van der Waals surface area (Å²) < 4.78 is 34.8. The van der Waals surface area contributed by atoms with Crippen LogP contribution in [-0.2, 0) is 14.8 Å². The summed E-state index contributed by atoms with van der Waals surface area (Å²) >= 11 is 0. The van der Waals surface area contributed by atoms with Gasteiger partial charge in [0, 0.05) is 25.7 Å². The van der Waals surface area contributed by atoms with E-state index in [-0.39, 0.29) is 22.8 Å². The first-order valence-electron chi connectivity index (χ1n) is 10.8. The molecular formula is C23H28N4O5S. The third kappa shape index (κ3) is 6.16. The summed E-state index contributed by atoms with van der Waals surface area (Å²) in [6.45, 7) is 4.32. The normalized spacial score (nSPS) is 15.7. The van der Waals surface area contributed by atoms with E-state index in [4.69, 9.17) is 4.74 Å². The van der Waals surface area contributed by atoms with Crippen molar-refractivity contribution < 1.29 is 22.7 Å². The zero-order chi connectivity index (χ0) is 24.0. The maximum Gasteiger partial charge on any atom is 0.339 e. The standard InChI is InChI=1S/C23H28N4O5S/c1-4-32-23(29)19-12-13-20(24-16(19)2)22(28)25-17-9-8-10-18(15-17)33(30,31)26-21-11-6-5-7-14-27(21)3/h8-10,12-13,15H,4-7,11,14H2,1-3H3,(H,25,28)/b26-21-. The quantitative estimate of drug-likeness (QED) is 0.640. The van der Waals surface area contributed by atoms with Gasteiger partial charge < -0.3 is 15.0 Å². The minimum absolute atomic E-state index is 0.00718. The lowest BCUT2D eigenvalue weighted by molar-refractivity contribution is 0.0524. The van der Waals surface area contributed by atoms with E-state index < -0.39 is 21.9 Å². The van der Waals surface area contributed by atoms with Gasteiger partial charge in [0.25, 0.3) is 15.9 Å². The van der Waals surface area contributed by atoms with E-state index >= 15 is 0 Å². The Morgan fingerprint density at radius 1 is 1.18 bits per heavy atom. The van der Waals surface area contributed by atoms with Crippen LogP contribution in [-0.4, -0.2) is 56.2 Å². The van der Waals surface area contributed by atoms with Gasteiger partial charge in [0.15, 0.2) is 0 Å². The summed E-state index contributed by atoms with van der Waals surface area (Å²) in [6.07, 6.45) is 3.56. The van der Waals surface area contributed by atoms with E-state index in [2.05, 4.69) is 14.7 Å². The predicted octanol–water partition coefficient (Wildman–Crippen LogP) is 3.41. The maximum absolute atomic E-state index is 12.9. The average molecular weight is 473 g/mol. The molecule has 2 aromatic rings. The van der Waals surface area contributed by atoms with E-state index in [1.807, 2.05) is 11.9 Å². The summed E-state index contributed by atoms with van der Waals surface area (Å²) in [6, 6.07) is 8.85. The minimum Gasteiger partial charge on any atom is -0.462 e. The van der Waals surface area contributed by atoms with Crippen molar-refractivity contribution in [1.29, 1.82) is 0 Å². The molecule has 1 N–H and O–H groups in total. The van der Waals surface area contributed by atoms with E-state index in [0.717, 1.165) is 25.8 Å². The van der Waals surface area contributed by atoms with Gasteiger partial charge in [-0.25, -0.2) is 9.78 Å². The maximum atomic E-state index is 12.9. The average Bonchev–Trinajstić information content (AvgIpc) is 2.97. The van der Waals surface area contributed by atoms with Crippen LogP contribution in [0.25, 0.3) is 0 Å². The highest BCUT2D eigenvalue weighted by molar-refractivity contribution is 7.90. The summed E-state index contributed by atoms with van der Waals surface area (Å²) in [7, 11) is -2.09. The van der Waals surface area contributed by atoms with E-state index in [9.17, 15) is 18.0 Å². The van der Waals surface area contributed by atoms with E-state index in [1.54, 1.807) is 26.0 Å². The van der Waals surface area contributed by atoms with Crippen LogP contribution in [0.1, 0.15) is 59.1 Å². The molecule has 1 aliphatic rings. The second kappa shape index (κ2) is 10.6. The molecule has 0 bridgehead atoms. The Kier molecular flexibility index (Phi) is 7.80. The molecule has 10 heteroatoms. The number of pyridine rings is 1. The predicted molar refractivity (Wildman–Crippen MR) is 125 cm³/mol. The van der Waals surface area contributed by atoms with E-state index in [0.29, 0.717) is 23.6 Å². The topological polar surface area (TPSA) is 118 Å². The van der Waals surface area contributed by atoms with Crippen molar-refractivity contribution in [3.63, 3.8) is 0 Å². The number of benzene rings is 1. The van der Waals surface area contributed by atoms with Gasteiger partial charge in [-0.15, -0.1) is 4.40 Å². The van der Waals surface area contributed by atoms with Gasteiger partial charge in [0.2, 0.25) is 0 Å². The molecule has 176 valence electrons. The largest absolute Gasteiger partial charge is 0.462 e. The number of ether oxygens (including phenoxy) is 1. The highest BCUT2D eigenvalue weighted by Crippen LogP contribution is 2.21. The van der Waals surface area contributed by atoms with Gasteiger partial charge >= 0.3 is 5.97 Å². The van der Waals surface area contributed by atoms with Crippen molar-refractivity contribution in [3.05, 3.63) is 53.3 Å². The van der Waals surface area contributed by atoms with Crippen LogP contribution in [0.4, 0.5) is 5.69 Å². The molecule has 1 amide bonds. The van der Waals surface area contributed by atoms with Crippen LogP contribution in [0.2, 0.25) is 0 Å². The molecule has 1 aromatic heterocycles. The second-order valence-electron chi connectivity index (χ2n) is 7.75. The number of rotatable bonds is 6.